The van der Waals surface area contributed by atoms with Gasteiger partial charge >= 0.3 is 0 Å². The third-order valence-corrected chi connectivity index (χ3v) is 3.90. The first-order valence-electron chi connectivity index (χ1n) is 6.91. The summed E-state index contributed by atoms with van der Waals surface area (Å²) in [5.41, 5.74) is 2.30. The number of aromatic nitrogens is 5. The van der Waals surface area contributed by atoms with E-state index in [2.05, 4.69) is 75.2 Å². The Balaban J connectivity index is 1.80. The Bertz CT molecular complexity index is 731. The molecule has 0 aliphatic rings. The lowest BCUT2D eigenvalue weighted by molar-refractivity contribution is 0.539. The molecule has 2 aromatic heterocycles. The summed E-state index contributed by atoms with van der Waals surface area (Å²) in [6.07, 6.45) is 6.60. The summed E-state index contributed by atoms with van der Waals surface area (Å²) >= 11 is 2.32. The van der Waals surface area contributed by atoms with Gasteiger partial charge in [-0.25, -0.2) is 9.67 Å². The van der Waals surface area contributed by atoms with Gasteiger partial charge in [0.05, 0.1) is 6.20 Å². The van der Waals surface area contributed by atoms with E-state index in [1.165, 1.54) is 9.13 Å². The predicted molar refractivity (Wildman–Crippen MR) is 89.8 cm³/mol. The second kappa shape index (κ2) is 6.38. The molecular weight excluding hydrogens is 377 g/mol. The zero-order valence-corrected chi connectivity index (χ0v) is 13.9. The number of benzene rings is 1. The molecule has 3 rings (SSSR count). The van der Waals surface area contributed by atoms with Crippen LogP contribution in [0.25, 0.3) is 11.1 Å². The van der Waals surface area contributed by atoms with Crippen LogP contribution in [0.15, 0.2) is 43.0 Å². The molecule has 0 aliphatic heterocycles. The SMILES string of the molecule is CCCn1ncnc1Cn1cc(-c2cccc(I)c2)cn1. The van der Waals surface area contributed by atoms with E-state index < -0.39 is 0 Å². The van der Waals surface area contributed by atoms with Crippen LogP contribution < -0.4 is 0 Å². The normalized spacial score (nSPS) is 11.0. The van der Waals surface area contributed by atoms with Crippen molar-refractivity contribution < 1.29 is 0 Å². The smallest absolute Gasteiger partial charge is 0.148 e. The molecule has 0 bridgehead atoms. The van der Waals surface area contributed by atoms with E-state index in [4.69, 9.17) is 0 Å². The Kier molecular flexibility index (Phi) is 4.33. The highest BCUT2D eigenvalue weighted by atomic mass is 127. The number of nitrogens with zero attached hydrogens (tertiary/aromatic N) is 5. The van der Waals surface area contributed by atoms with Crippen LogP contribution in [-0.4, -0.2) is 24.5 Å². The first kappa shape index (κ1) is 14.2. The molecule has 0 N–H and O–H groups in total. The molecule has 0 atom stereocenters. The van der Waals surface area contributed by atoms with Crippen molar-refractivity contribution >= 4 is 22.6 Å². The highest BCUT2D eigenvalue weighted by Gasteiger charge is 2.07. The topological polar surface area (TPSA) is 48.5 Å². The Morgan fingerprint density at radius 3 is 2.90 bits per heavy atom. The van der Waals surface area contributed by atoms with Gasteiger partial charge < -0.3 is 0 Å². The van der Waals surface area contributed by atoms with Gasteiger partial charge in [0.2, 0.25) is 0 Å². The first-order valence-corrected chi connectivity index (χ1v) is 7.99. The lowest BCUT2D eigenvalue weighted by Crippen LogP contribution is -2.10. The summed E-state index contributed by atoms with van der Waals surface area (Å²) < 4.78 is 5.07. The molecule has 2 heterocycles. The third-order valence-electron chi connectivity index (χ3n) is 3.23. The number of rotatable bonds is 5. The summed E-state index contributed by atoms with van der Waals surface area (Å²) in [7, 11) is 0. The maximum atomic E-state index is 4.43. The lowest BCUT2D eigenvalue weighted by atomic mass is 10.1. The fourth-order valence-electron chi connectivity index (χ4n) is 2.22. The van der Waals surface area contributed by atoms with Crippen molar-refractivity contribution in [1.82, 2.24) is 24.5 Å². The second-order valence-electron chi connectivity index (χ2n) is 4.84. The standard InChI is InChI=1S/C15H16IN5/c1-2-6-21-15(17-11-19-21)10-20-9-13(8-18-20)12-4-3-5-14(16)7-12/h3-5,7-9,11H,2,6,10H2,1H3. The summed E-state index contributed by atoms with van der Waals surface area (Å²) in [4.78, 5) is 4.32. The van der Waals surface area contributed by atoms with E-state index in [0.717, 1.165) is 24.4 Å². The molecule has 0 saturated carbocycles. The van der Waals surface area contributed by atoms with Gasteiger partial charge in [-0.2, -0.15) is 10.2 Å². The predicted octanol–water partition coefficient (Wildman–Crippen LogP) is 3.20. The van der Waals surface area contributed by atoms with Crippen LogP contribution in [0.2, 0.25) is 0 Å². The maximum absolute atomic E-state index is 4.43. The number of halogens is 1. The van der Waals surface area contributed by atoms with Gasteiger partial charge in [0.1, 0.15) is 18.7 Å². The van der Waals surface area contributed by atoms with E-state index in [9.17, 15) is 0 Å². The zero-order chi connectivity index (χ0) is 14.7. The van der Waals surface area contributed by atoms with Gasteiger partial charge in [-0.15, -0.1) is 0 Å². The maximum Gasteiger partial charge on any atom is 0.148 e. The van der Waals surface area contributed by atoms with E-state index >= 15 is 0 Å². The number of aryl methyl sites for hydroxylation is 1. The minimum atomic E-state index is 0.643. The van der Waals surface area contributed by atoms with Crippen LogP contribution in [0.3, 0.4) is 0 Å². The van der Waals surface area contributed by atoms with Crippen molar-refractivity contribution in [2.24, 2.45) is 0 Å². The van der Waals surface area contributed by atoms with Crippen LogP contribution in [0.1, 0.15) is 19.2 Å². The Labute approximate surface area is 137 Å². The molecule has 0 unspecified atom stereocenters. The van der Waals surface area contributed by atoms with Crippen molar-refractivity contribution in [1.29, 1.82) is 0 Å². The third kappa shape index (κ3) is 3.31. The van der Waals surface area contributed by atoms with Crippen LogP contribution >= 0.6 is 22.6 Å². The molecule has 5 nitrogen and oxygen atoms in total. The highest BCUT2D eigenvalue weighted by molar-refractivity contribution is 14.1. The van der Waals surface area contributed by atoms with E-state index in [-0.39, 0.29) is 0 Å². The van der Waals surface area contributed by atoms with Crippen molar-refractivity contribution in [3.63, 3.8) is 0 Å². The molecule has 0 spiro atoms. The summed E-state index contributed by atoms with van der Waals surface area (Å²) in [6.45, 7) is 3.67. The second-order valence-corrected chi connectivity index (χ2v) is 6.08. The van der Waals surface area contributed by atoms with Gasteiger partial charge in [0.25, 0.3) is 0 Å². The first-order chi connectivity index (χ1) is 10.3. The van der Waals surface area contributed by atoms with Crippen LogP contribution in [0.4, 0.5) is 0 Å². The molecule has 3 aromatic rings. The minimum absolute atomic E-state index is 0.643. The average molecular weight is 393 g/mol. The van der Waals surface area contributed by atoms with Gasteiger partial charge in [-0.1, -0.05) is 19.1 Å². The van der Waals surface area contributed by atoms with Crippen molar-refractivity contribution in [3.05, 3.63) is 52.4 Å². The number of hydrogen-bond donors (Lipinski definition) is 0. The zero-order valence-electron chi connectivity index (χ0n) is 11.8. The highest BCUT2D eigenvalue weighted by Crippen LogP contribution is 2.20. The summed E-state index contributed by atoms with van der Waals surface area (Å²) in [5, 5.41) is 8.67. The molecule has 0 amide bonds. The fraction of sp³-hybridized carbons (Fsp3) is 0.267. The largest absolute Gasteiger partial charge is 0.264 e. The van der Waals surface area contributed by atoms with Crippen molar-refractivity contribution in [2.45, 2.75) is 26.4 Å². The van der Waals surface area contributed by atoms with Crippen LogP contribution in [0.5, 0.6) is 0 Å². The van der Waals surface area contributed by atoms with Gasteiger partial charge in [-0.05, 0) is 46.7 Å². The Morgan fingerprint density at radius 2 is 2.10 bits per heavy atom. The van der Waals surface area contributed by atoms with Crippen molar-refractivity contribution in [2.75, 3.05) is 0 Å². The fourth-order valence-corrected chi connectivity index (χ4v) is 2.76. The van der Waals surface area contributed by atoms with Crippen LogP contribution in [-0.2, 0) is 13.1 Å². The van der Waals surface area contributed by atoms with Crippen molar-refractivity contribution in [3.8, 4) is 11.1 Å². The quantitative estimate of drug-likeness (QED) is 0.626. The molecule has 6 heteroatoms. The Hall–Kier alpha value is -1.70. The molecule has 0 saturated heterocycles. The average Bonchev–Trinajstić information content (AvgIpc) is 3.10. The van der Waals surface area contributed by atoms with Gasteiger partial charge in [0, 0.05) is 21.9 Å². The van der Waals surface area contributed by atoms with E-state index in [1.54, 1.807) is 6.33 Å². The van der Waals surface area contributed by atoms with E-state index in [1.807, 2.05) is 15.6 Å². The van der Waals surface area contributed by atoms with E-state index in [0.29, 0.717) is 6.54 Å². The van der Waals surface area contributed by atoms with Gasteiger partial charge in [0.15, 0.2) is 0 Å². The molecule has 0 aliphatic carbocycles. The summed E-state index contributed by atoms with van der Waals surface area (Å²) in [5.74, 6) is 0.939. The molecule has 21 heavy (non-hydrogen) atoms. The monoisotopic (exact) mass is 393 g/mol. The molecule has 1 aromatic carbocycles. The Morgan fingerprint density at radius 1 is 1.19 bits per heavy atom. The van der Waals surface area contributed by atoms with Crippen LogP contribution in [0, 0.1) is 3.57 Å². The lowest BCUT2D eigenvalue weighted by Gasteiger charge is -2.04. The molecule has 108 valence electrons. The number of hydrogen-bond acceptors (Lipinski definition) is 3. The molecule has 0 radical (unpaired) electrons. The summed E-state index contributed by atoms with van der Waals surface area (Å²) in [6, 6.07) is 8.40. The minimum Gasteiger partial charge on any atom is -0.264 e. The molecule has 0 fully saturated rings. The molecular formula is C15H16IN5. The van der Waals surface area contributed by atoms with Gasteiger partial charge in [-0.3, -0.25) is 4.68 Å².